The van der Waals surface area contributed by atoms with Gasteiger partial charge in [0.15, 0.2) is 0 Å². The van der Waals surface area contributed by atoms with Crippen LogP contribution in [0.2, 0.25) is 0 Å². The Morgan fingerprint density at radius 3 is 2.17 bits per heavy atom. The zero-order valence-electron chi connectivity index (χ0n) is 13.0. The van der Waals surface area contributed by atoms with E-state index >= 15 is 0 Å². The van der Waals surface area contributed by atoms with E-state index in [4.69, 9.17) is 15.6 Å². The molecule has 0 saturated heterocycles. The van der Waals surface area contributed by atoms with Crippen LogP contribution in [0.4, 0.5) is 13.2 Å². The second-order valence-electron chi connectivity index (χ2n) is 5.83. The van der Waals surface area contributed by atoms with Gasteiger partial charge in [-0.25, -0.2) is 4.79 Å². The Hall–Kier alpha value is -2.35. The van der Waals surface area contributed by atoms with Gasteiger partial charge >= 0.3 is 12.1 Å². The summed E-state index contributed by atoms with van der Waals surface area (Å²) in [7, 11) is 0. The Kier molecular flexibility index (Phi) is 4.98. The minimum Gasteiger partial charge on any atom is -0.475 e. The zero-order valence-corrected chi connectivity index (χ0v) is 13.0. The number of carboxylic acids is 1. The maximum absolute atomic E-state index is 10.6. The third-order valence-electron chi connectivity index (χ3n) is 3.95. The molecule has 5 nitrogen and oxygen atoms in total. The summed E-state index contributed by atoms with van der Waals surface area (Å²) in [4.78, 5) is 8.90. The summed E-state index contributed by atoms with van der Waals surface area (Å²) in [6.45, 7) is 2.01. The van der Waals surface area contributed by atoms with Crippen molar-refractivity contribution in [2.24, 2.45) is 5.73 Å². The van der Waals surface area contributed by atoms with E-state index in [1.165, 1.54) is 12.0 Å². The second-order valence-corrected chi connectivity index (χ2v) is 5.83. The molecule has 1 heterocycles. The van der Waals surface area contributed by atoms with Crippen LogP contribution >= 0.6 is 0 Å². The van der Waals surface area contributed by atoms with E-state index < -0.39 is 12.1 Å². The number of aromatic amines is 1. The van der Waals surface area contributed by atoms with Gasteiger partial charge in [0.1, 0.15) is 0 Å². The Bertz CT molecular complexity index is 704. The van der Waals surface area contributed by atoms with Gasteiger partial charge < -0.3 is 10.8 Å². The van der Waals surface area contributed by atoms with Crippen molar-refractivity contribution in [2.75, 3.05) is 0 Å². The Morgan fingerprint density at radius 1 is 1.29 bits per heavy atom. The van der Waals surface area contributed by atoms with E-state index in [1.54, 1.807) is 0 Å². The molecule has 1 saturated carbocycles. The summed E-state index contributed by atoms with van der Waals surface area (Å²) in [5.41, 5.74) is 10.7. The number of nitrogens with one attached hydrogen (secondary N) is 1. The highest BCUT2D eigenvalue weighted by Gasteiger charge is 2.38. The number of nitrogens with two attached hydrogens (primary N) is 1. The molecule has 1 aliphatic rings. The lowest BCUT2D eigenvalue weighted by molar-refractivity contribution is -0.192. The fraction of sp³-hybridized carbons (Fsp3) is 0.375. The van der Waals surface area contributed by atoms with Crippen molar-refractivity contribution in [1.82, 2.24) is 10.2 Å². The number of carboxylic acid groups (broad SMARTS) is 1. The molecule has 1 aromatic heterocycles. The molecule has 0 spiro atoms. The number of halogens is 3. The van der Waals surface area contributed by atoms with Crippen LogP contribution in [-0.4, -0.2) is 27.4 Å². The quantitative estimate of drug-likeness (QED) is 0.781. The third kappa shape index (κ3) is 4.14. The molecule has 1 fully saturated rings. The summed E-state index contributed by atoms with van der Waals surface area (Å²) < 4.78 is 31.7. The number of hydrogen-bond acceptors (Lipinski definition) is 3. The number of alkyl halides is 3. The van der Waals surface area contributed by atoms with E-state index in [0.717, 1.165) is 29.8 Å². The summed E-state index contributed by atoms with van der Waals surface area (Å²) in [6, 6.07) is 10.5. The molecule has 8 heteroatoms. The molecular formula is C16H18F3N3O2. The minimum absolute atomic E-state index is 0.0694. The number of H-pyrrole nitrogens is 1. The molecule has 0 atom stereocenters. The molecule has 4 N–H and O–H groups in total. The first kappa shape index (κ1) is 18.0. The van der Waals surface area contributed by atoms with Gasteiger partial charge in [-0.15, -0.1) is 0 Å². The van der Waals surface area contributed by atoms with Crippen molar-refractivity contribution in [3.05, 3.63) is 41.6 Å². The third-order valence-corrected chi connectivity index (χ3v) is 3.95. The average Bonchev–Trinajstić information content (AvgIpc) is 2.91. The summed E-state index contributed by atoms with van der Waals surface area (Å²) in [5.74, 6) is -2.76. The lowest BCUT2D eigenvalue weighted by atomic mass is 9.72. The number of aromatic nitrogens is 2. The molecule has 2 aromatic rings. The van der Waals surface area contributed by atoms with E-state index in [2.05, 4.69) is 40.5 Å². The highest BCUT2D eigenvalue weighted by atomic mass is 19.4. The first-order valence-corrected chi connectivity index (χ1v) is 7.34. The number of aryl methyl sites for hydroxylation is 1. The number of hydrogen-bond donors (Lipinski definition) is 3. The van der Waals surface area contributed by atoms with Crippen LogP contribution < -0.4 is 5.73 Å². The van der Waals surface area contributed by atoms with E-state index in [-0.39, 0.29) is 5.54 Å². The van der Waals surface area contributed by atoms with Crippen molar-refractivity contribution in [2.45, 2.75) is 37.9 Å². The van der Waals surface area contributed by atoms with Crippen LogP contribution in [0.25, 0.3) is 11.3 Å². The van der Waals surface area contributed by atoms with Gasteiger partial charge in [0.05, 0.1) is 5.69 Å². The molecule has 130 valence electrons. The van der Waals surface area contributed by atoms with Gasteiger partial charge in [-0.05, 0) is 37.8 Å². The topological polar surface area (TPSA) is 92.0 Å². The van der Waals surface area contributed by atoms with Crippen LogP contribution in [0.1, 0.15) is 30.5 Å². The van der Waals surface area contributed by atoms with Crippen LogP contribution in [0, 0.1) is 6.92 Å². The predicted molar refractivity (Wildman–Crippen MR) is 82.2 cm³/mol. The highest BCUT2D eigenvalue weighted by Crippen LogP contribution is 2.39. The maximum Gasteiger partial charge on any atom is 0.490 e. The van der Waals surface area contributed by atoms with Gasteiger partial charge in [-0.1, -0.05) is 24.3 Å². The van der Waals surface area contributed by atoms with E-state index in [0.29, 0.717) is 0 Å². The molecule has 0 aliphatic heterocycles. The lowest BCUT2D eigenvalue weighted by Gasteiger charge is -2.38. The molecule has 24 heavy (non-hydrogen) atoms. The maximum atomic E-state index is 10.6. The lowest BCUT2D eigenvalue weighted by Crippen LogP contribution is -2.43. The number of carbonyl (C=O) groups is 1. The molecule has 1 aromatic carbocycles. The Balaban J connectivity index is 0.000000256. The predicted octanol–water partition coefficient (Wildman–Crippen LogP) is 3.36. The van der Waals surface area contributed by atoms with Crippen LogP contribution in [-0.2, 0) is 10.3 Å². The number of rotatable bonds is 2. The highest BCUT2D eigenvalue weighted by molar-refractivity contribution is 5.73. The Labute approximate surface area is 136 Å². The van der Waals surface area contributed by atoms with Crippen molar-refractivity contribution in [3.8, 4) is 11.3 Å². The van der Waals surface area contributed by atoms with Gasteiger partial charge in [-0.2, -0.15) is 18.3 Å². The first-order valence-electron chi connectivity index (χ1n) is 7.34. The monoisotopic (exact) mass is 341 g/mol. The Morgan fingerprint density at radius 2 is 1.83 bits per heavy atom. The molecule has 0 radical (unpaired) electrons. The summed E-state index contributed by atoms with van der Waals surface area (Å²) >= 11 is 0. The molecule has 3 rings (SSSR count). The molecule has 0 amide bonds. The van der Waals surface area contributed by atoms with E-state index in [1.807, 2.05) is 6.92 Å². The summed E-state index contributed by atoms with van der Waals surface area (Å²) in [6.07, 6.45) is -1.63. The summed E-state index contributed by atoms with van der Waals surface area (Å²) in [5, 5.41) is 14.3. The smallest absolute Gasteiger partial charge is 0.475 e. The van der Waals surface area contributed by atoms with Gasteiger partial charge in [0, 0.05) is 16.8 Å². The molecular weight excluding hydrogens is 323 g/mol. The fourth-order valence-corrected chi connectivity index (χ4v) is 2.39. The van der Waals surface area contributed by atoms with Crippen LogP contribution in [0.5, 0.6) is 0 Å². The molecule has 0 bridgehead atoms. The second kappa shape index (κ2) is 6.64. The van der Waals surface area contributed by atoms with E-state index in [9.17, 15) is 13.2 Å². The van der Waals surface area contributed by atoms with Crippen molar-refractivity contribution in [3.63, 3.8) is 0 Å². The van der Waals surface area contributed by atoms with Gasteiger partial charge in [0.2, 0.25) is 0 Å². The van der Waals surface area contributed by atoms with Crippen molar-refractivity contribution in [1.29, 1.82) is 0 Å². The first-order chi connectivity index (χ1) is 11.1. The van der Waals surface area contributed by atoms with Crippen molar-refractivity contribution >= 4 is 5.97 Å². The SMILES string of the molecule is Cc1cc(-c2ccc(C3(N)CCC3)cc2)n[nH]1.O=C(O)C(F)(F)F. The molecule has 1 aliphatic carbocycles. The normalized spacial score (nSPS) is 15.9. The molecule has 0 unspecified atom stereocenters. The average molecular weight is 341 g/mol. The van der Waals surface area contributed by atoms with Gasteiger partial charge in [-0.3, -0.25) is 5.10 Å². The largest absolute Gasteiger partial charge is 0.490 e. The number of benzene rings is 1. The zero-order chi connectivity index (χ0) is 18.0. The number of aliphatic carboxylic acids is 1. The number of nitrogens with zero attached hydrogens (tertiary/aromatic N) is 1. The van der Waals surface area contributed by atoms with Crippen LogP contribution in [0.3, 0.4) is 0 Å². The van der Waals surface area contributed by atoms with Gasteiger partial charge in [0.25, 0.3) is 0 Å². The van der Waals surface area contributed by atoms with Crippen LogP contribution in [0.15, 0.2) is 30.3 Å². The fourth-order valence-electron chi connectivity index (χ4n) is 2.39. The van der Waals surface area contributed by atoms with Crippen molar-refractivity contribution < 1.29 is 23.1 Å². The minimum atomic E-state index is -5.08. The standard InChI is InChI=1S/C14H17N3.C2HF3O2/c1-10-9-13(17-16-10)11-3-5-12(6-4-11)14(15)7-2-8-14;3-2(4,5)1(6)7/h3-6,9H,2,7-8,15H2,1H3,(H,16,17);(H,6,7).